The molecule has 170 valence electrons. The van der Waals surface area contributed by atoms with Crippen LogP contribution in [0.3, 0.4) is 0 Å². The summed E-state index contributed by atoms with van der Waals surface area (Å²) in [5.41, 5.74) is 2.57. The Labute approximate surface area is 187 Å². The van der Waals surface area contributed by atoms with Gasteiger partial charge in [-0.15, -0.1) is 0 Å². The molecule has 0 radical (unpaired) electrons. The quantitative estimate of drug-likeness (QED) is 0.512. The van der Waals surface area contributed by atoms with Crippen LogP contribution in [0, 0.1) is 17.8 Å². The van der Waals surface area contributed by atoms with Crippen LogP contribution >= 0.6 is 0 Å². The zero-order valence-corrected chi connectivity index (χ0v) is 19.6. The zero-order valence-electron chi connectivity index (χ0n) is 19.6. The van der Waals surface area contributed by atoms with Crippen molar-refractivity contribution in [2.45, 2.75) is 101 Å². The van der Waals surface area contributed by atoms with E-state index in [1.165, 1.54) is 49.8 Å². The van der Waals surface area contributed by atoms with E-state index in [1.54, 1.807) is 0 Å². The normalized spacial score (nSPS) is 48.4. The van der Waals surface area contributed by atoms with Crippen LogP contribution in [0.15, 0.2) is 24.3 Å². The molecule has 1 aromatic carbocycles. The number of benzene rings is 1. The molecule has 1 saturated carbocycles. The van der Waals surface area contributed by atoms with Crippen molar-refractivity contribution in [2.75, 3.05) is 18.5 Å². The van der Waals surface area contributed by atoms with Crippen molar-refractivity contribution in [2.24, 2.45) is 17.8 Å². The molecule has 4 saturated heterocycles. The summed E-state index contributed by atoms with van der Waals surface area (Å²) in [6.07, 6.45) is 9.15. The first-order chi connectivity index (χ1) is 15.0. The Kier molecular flexibility index (Phi) is 4.60. The lowest BCUT2D eigenvalue weighted by Gasteiger charge is -2.68. The van der Waals surface area contributed by atoms with Gasteiger partial charge in [0.25, 0.3) is 0 Å². The Hall–Kier alpha value is -1.10. The number of rotatable bonds is 7. The second-order valence-corrected chi connectivity index (χ2v) is 11.5. The van der Waals surface area contributed by atoms with E-state index in [0.29, 0.717) is 35.9 Å². The number of quaternary nitrogens is 1. The SMILES string of the molecule is CCCCCCC[N+]12C(O)C(CC)C3CC1C1N(C)c4ccccc4C14CC2C3C4O. The van der Waals surface area contributed by atoms with E-state index in [-0.39, 0.29) is 17.7 Å². The van der Waals surface area contributed by atoms with Crippen molar-refractivity contribution >= 4 is 5.69 Å². The number of likely N-dealkylation sites (N-methyl/N-ethyl adjacent to an activating group) is 1. The Morgan fingerprint density at radius 1 is 1.06 bits per heavy atom. The molecule has 4 nitrogen and oxygen atoms in total. The van der Waals surface area contributed by atoms with E-state index in [0.717, 1.165) is 23.9 Å². The summed E-state index contributed by atoms with van der Waals surface area (Å²) >= 11 is 0. The van der Waals surface area contributed by atoms with E-state index in [9.17, 15) is 10.2 Å². The maximum atomic E-state index is 12.1. The van der Waals surface area contributed by atoms with E-state index >= 15 is 0 Å². The second-order valence-electron chi connectivity index (χ2n) is 11.5. The number of unbranched alkanes of at least 4 members (excludes halogenated alkanes) is 4. The maximum Gasteiger partial charge on any atom is 0.194 e. The van der Waals surface area contributed by atoms with Crippen LogP contribution in [0.5, 0.6) is 0 Å². The first kappa shape index (κ1) is 20.5. The number of piperidine rings is 4. The maximum absolute atomic E-state index is 12.1. The van der Waals surface area contributed by atoms with Gasteiger partial charge in [-0.05, 0) is 36.8 Å². The first-order valence-electron chi connectivity index (χ1n) is 13.1. The molecule has 7 rings (SSSR count). The standard InChI is InChI=1S/C27H41N2O2/c1-4-6-7-8-11-14-29-21-15-18(17(5-2)26(29)31)23-22(29)16-27(25(23)30)19-12-9-10-13-20(19)28(3)24(21)27/h9-10,12-13,17-18,21-26,30-31H,4-8,11,14-16H2,1-3H3/q+1. The molecule has 1 aromatic rings. The lowest BCUT2D eigenvalue weighted by atomic mass is 9.60. The van der Waals surface area contributed by atoms with Gasteiger partial charge < -0.3 is 15.1 Å². The monoisotopic (exact) mass is 425 g/mol. The Balaban J connectivity index is 1.46. The number of anilines is 1. The molecule has 5 fully saturated rings. The Morgan fingerprint density at radius 2 is 1.84 bits per heavy atom. The molecule has 10 unspecified atom stereocenters. The van der Waals surface area contributed by atoms with Crippen molar-refractivity contribution in [3.63, 3.8) is 0 Å². The van der Waals surface area contributed by atoms with Gasteiger partial charge in [0.2, 0.25) is 0 Å². The minimum Gasteiger partial charge on any atom is -0.392 e. The summed E-state index contributed by atoms with van der Waals surface area (Å²) in [6, 6.07) is 10.0. The highest BCUT2D eigenvalue weighted by Gasteiger charge is 2.82. The molecule has 0 aromatic heterocycles. The van der Waals surface area contributed by atoms with E-state index in [1.807, 2.05) is 0 Å². The molecule has 1 aliphatic carbocycles. The highest BCUT2D eigenvalue weighted by molar-refractivity contribution is 5.66. The third kappa shape index (κ3) is 2.23. The fraction of sp³-hybridized carbons (Fsp3) is 0.778. The zero-order chi connectivity index (χ0) is 21.5. The van der Waals surface area contributed by atoms with Crippen molar-refractivity contribution in [3.05, 3.63) is 29.8 Å². The van der Waals surface area contributed by atoms with Gasteiger partial charge in [-0.2, -0.15) is 0 Å². The van der Waals surface area contributed by atoms with Gasteiger partial charge in [0.05, 0.1) is 30.1 Å². The number of hydrogen-bond donors (Lipinski definition) is 2. The fourth-order valence-corrected chi connectivity index (χ4v) is 9.83. The van der Waals surface area contributed by atoms with Gasteiger partial charge in [0.15, 0.2) is 6.23 Å². The van der Waals surface area contributed by atoms with Crippen LogP contribution in [0.2, 0.25) is 0 Å². The molecule has 5 aliphatic heterocycles. The van der Waals surface area contributed by atoms with Crippen molar-refractivity contribution < 1.29 is 14.7 Å². The number of aliphatic hydroxyl groups is 2. The van der Waals surface area contributed by atoms with Crippen LogP contribution in [0.1, 0.15) is 70.8 Å². The van der Waals surface area contributed by atoms with Gasteiger partial charge in [-0.1, -0.05) is 51.3 Å². The van der Waals surface area contributed by atoms with Crippen LogP contribution < -0.4 is 4.90 Å². The van der Waals surface area contributed by atoms with Gasteiger partial charge in [0.1, 0.15) is 6.04 Å². The number of fused-ring (bicyclic) bond motifs is 2. The highest BCUT2D eigenvalue weighted by Crippen LogP contribution is 2.71. The molecular formula is C27H41N2O2+. The van der Waals surface area contributed by atoms with Gasteiger partial charge >= 0.3 is 0 Å². The van der Waals surface area contributed by atoms with Crippen molar-refractivity contribution in [3.8, 4) is 0 Å². The topological polar surface area (TPSA) is 43.7 Å². The number of nitrogens with zero attached hydrogens (tertiary/aromatic N) is 2. The highest BCUT2D eigenvalue weighted by atomic mass is 16.3. The molecule has 2 N–H and O–H groups in total. The fourth-order valence-electron chi connectivity index (χ4n) is 9.83. The number of hydrogen-bond acceptors (Lipinski definition) is 3. The summed E-state index contributed by atoms with van der Waals surface area (Å²) in [7, 11) is 2.26. The summed E-state index contributed by atoms with van der Waals surface area (Å²) in [5, 5.41) is 24.0. The first-order valence-corrected chi connectivity index (χ1v) is 13.1. The van der Waals surface area contributed by atoms with Crippen LogP contribution in [0.4, 0.5) is 5.69 Å². The number of aliphatic hydroxyl groups excluding tert-OH is 2. The molecule has 4 heteroatoms. The minimum absolute atomic E-state index is 0.133. The smallest absolute Gasteiger partial charge is 0.194 e. The molecule has 0 amide bonds. The van der Waals surface area contributed by atoms with Crippen molar-refractivity contribution in [1.82, 2.24) is 0 Å². The molecule has 1 spiro atoms. The van der Waals surface area contributed by atoms with Crippen LogP contribution in [0.25, 0.3) is 0 Å². The largest absolute Gasteiger partial charge is 0.392 e. The van der Waals surface area contributed by atoms with E-state index in [4.69, 9.17) is 0 Å². The second kappa shape index (κ2) is 6.95. The van der Waals surface area contributed by atoms with Crippen LogP contribution in [-0.4, -0.2) is 58.7 Å². The number of para-hydroxylation sites is 1. The minimum atomic E-state index is -0.273. The van der Waals surface area contributed by atoms with Gasteiger partial charge in [0, 0.05) is 37.4 Å². The van der Waals surface area contributed by atoms with Crippen molar-refractivity contribution in [1.29, 1.82) is 0 Å². The van der Waals surface area contributed by atoms with E-state index < -0.39 is 0 Å². The lowest BCUT2D eigenvalue weighted by molar-refractivity contribution is -1.04. The summed E-state index contributed by atoms with van der Waals surface area (Å²) < 4.78 is 0.896. The van der Waals surface area contributed by atoms with Gasteiger partial charge in [-0.3, -0.25) is 4.48 Å². The van der Waals surface area contributed by atoms with E-state index in [2.05, 4.69) is 50.1 Å². The molecule has 5 heterocycles. The summed E-state index contributed by atoms with van der Waals surface area (Å²) in [6.45, 7) is 5.64. The third-order valence-corrected chi connectivity index (χ3v) is 10.8. The summed E-state index contributed by atoms with van der Waals surface area (Å²) in [5.74, 6) is 1.18. The molecule has 10 atom stereocenters. The predicted octanol–water partition coefficient (Wildman–Crippen LogP) is 4.04. The Morgan fingerprint density at radius 3 is 2.61 bits per heavy atom. The molecule has 31 heavy (non-hydrogen) atoms. The lowest BCUT2D eigenvalue weighted by Crippen LogP contribution is -2.83. The van der Waals surface area contributed by atoms with Crippen LogP contribution in [-0.2, 0) is 5.41 Å². The molecule has 6 aliphatic rings. The average Bonchev–Trinajstić information content (AvgIpc) is 3.16. The average molecular weight is 426 g/mol. The third-order valence-electron chi connectivity index (χ3n) is 10.8. The Bertz CT molecular complexity index is 859. The van der Waals surface area contributed by atoms with Gasteiger partial charge in [-0.25, -0.2) is 0 Å². The summed E-state index contributed by atoms with van der Waals surface area (Å²) in [4.78, 5) is 2.51. The molecular weight excluding hydrogens is 384 g/mol. The predicted molar refractivity (Wildman–Crippen MR) is 124 cm³/mol. The molecule has 5 bridgehead atoms.